The fourth-order valence-corrected chi connectivity index (χ4v) is 2.81. The van der Waals surface area contributed by atoms with Crippen LogP contribution in [0.2, 0.25) is 5.02 Å². The maximum absolute atomic E-state index is 12.6. The van der Waals surface area contributed by atoms with Gasteiger partial charge in [-0.3, -0.25) is 9.78 Å². The predicted molar refractivity (Wildman–Crippen MR) is 103 cm³/mol. The second-order valence-corrected chi connectivity index (χ2v) is 6.81. The Bertz CT molecular complexity index is 1020. The van der Waals surface area contributed by atoms with Crippen LogP contribution < -0.4 is 4.74 Å². The smallest absolute Gasteiger partial charge is 0.422 e. The Morgan fingerprint density at radius 1 is 1.17 bits per heavy atom. The number of ketones is 1. The lowest BCUT2D eigenvalue weighted by atomic mass is 10.00. The summed E-state index contributed by atoms with van der Waals surface area (Å²) >= 11 is 6.05. The van der Waals surface area contributed by atoms with E-state index in [1.165, 1.54) is 12.4 Å². The second-order valence-electron chi connectivity index (χ2n) is 6.41. The fraction of sp³-hybridized carbons (Fsp3) is 0.190. The van der Waals surface area contributed by atoms with Crippen molar-refractivity contribution in [1.82, 2.24) is 9.97 Å². The van der Waals surface area contributed by atoms with Crippen LogP contribution in [0.25, 0.3) is 11.1 Å². The highest BCUT2D eigenvalue weighted by Gasteiger charge is 2.29. The van der Waals surface area contributed by atoms with E-state index in [-0.39, 0.29) is 18.1 Å². The summed E-state index contributed by atoms with van der Waals surface area (Å²) in [5, 5.41) is 0.530. The molecule has 150 valence electrons. The second kappa shape index (κ2) is 8.61. The Labute approximate surface area is 170 Å². The molecule has 0 aliphatic rings. The number of hydrogen-bond donors (Lipinski definition) is 0. The molecule has 0 saturated carbocycles. The Balaban J connectivity index is 1.95. The topological polar surface area (TPSA) is 52.1 Å². The van der Waals surface area contributed by atoms with Gasteiger partial charge in [-0.1, -0.05) is 17.7 Å². The molecule has 0 atom stereocenters. The molecule has 0 saturated heterocycles. The van der Waals surface area contributed by atoms with Crippen molar-refractivity contribution in [1.29, 1.82) is 0 Å². The number of nitrogens with zero attached hydrogens (tertiary/aromatic N) is 2. The van der Waals surface area contributed by atoms with Gasteiger partial charge in [-0.25, -0.2) is 4.98 Å². The van der Waals surface area contributed by atoms with Crippen molar-refractivity contribution in [3.05, 3.63) is 76.7 Å². The summed E-state index contributed by atoms with van der Waals surface area (Å²) in [5.41, 5.74) is 2.68. The summed E-state index contributed by atoms with van der Waals surface area (Å²) in [6.45, 7) is 0.318. The molecule has 3 rings (SSSR count). The standard InChI is InChI=1S/C21H16ClF3N2O2/c1-13-7-15(4-5-18(13)22)17-8-14(9-19(28)16-3-2-6-26-11-16)10-27-20(17)29-12-21(23,24)25/h2-8,10-11H,9,12H2,1H3. The number of Topliss-reactive ketones (excluding diaryl/α,β-unsaturated/α-hetero) is 1. The lowest BCUT2D eigenvalue weighted by Crippen LogP contribution is -2.20. The van der Waals surface area contributed by atoms with Gasteiger partial charge >= 0.3 is 6.18 Å². The maximum Gasteiger partial charge on any atom is 0.422 e. The van der Waals surface area contributed by atoms with Crippen molar-refractivity contribution in [2.75, 3.05) is 6.61 Å². The summed E-state index contributed by atoms with van der Waals surface area (Å²) in [6.07, 6.45) is -0.111. The fourth-order valence-electron chi connectivity index (χ4n) is 2.69. The molecule has 4 nitrogen and oxygen atoms in total. The van der Waals surface area contributed by atoms with Crippen molar-refractivity contribution in [2.45, 2.75) is 19.5 Å². The van der Waals surface area contributed by atoms with Crippen molar-refractivity contribution < 1.29 is 22.7 Å². The molecule has 0 bridgehead atoms. The number of pyridine rings is 2. The van der Waals surface area contributed by atoms with E-state index in [9.17, 15) is 18.0 Å². The first-order chi connectivity index (χ1) is 13.7. The summed E-state index contributed by atoms with van der Waals surface area (Å²) in [7, 11) is 0. The molecule has 1 aromatic carbocycles. The van der Waals surface area contributed by atoms with E-state index in [1.54, 1.807) is 49.5 Å². The van der Waals surface area contributed by atoms with Gasteiger partial charge in [0, 0.05) is 41.2 Å². The molecule has 0 aliphatic carbocycles. The molecule has 0 fully saturated rings. The lowest BCUT2D eigenvalue weighted by molar-refractivity contribution is -0.154. The average molecular weight is 421 g/mol. The Morgan fingerprint density at radius 2 is 1.97 bits per heavy atom. The monoisotopic (exact) mass is 420 g/mol. The van der Waals surface area contributed by atoms with Crippen LogP contribution in [0.4, 0.5) is 13.2 Å². The zero-order valence-electron chi connectivity index (χ0n) is 15.3. The molecule has 2 heterocycles. The normalized spacial score (nSPS) is 11.3. The van der Waals surface area contributed by atoms with E-state index in [2.05, 4.69) is 9.97 Å². The molecule has 29 heavy (non-hydrogen) atoms. The van der Waals surface area contributed by atoms with Crippen LogP contribution >= 0.6 is 11.6 Å². The average Bonchev–Trinajstić information content (AvgIpc) is 2.69. The summed E-state index contributed by atoms with van der Waals surface area (Å²) in [4.78, 5) is 20.4. The van der Waals surface area contributed by atoms with Gasteiger partial charge in [-0.15, -0.1) is 0 Å². The van der Waals surface area contributed by atoms with Crippen molar-refractivity contribution in [3.63, 3.8) is 0 Å². The molecule has 0 N–H and O–H groups in total. The number of aryl methyl sites for hydroxylation is 1. The number of carbonyl (C=O) groups is 1. The number of ether oxygens (including phenoxy) is 1. The van der Waals surface area contributed by atoms with Crippen molar-refractivity contribution >= 4 is 17.4 Å². The van der Waals surface area contributed by atoms with Crippen molar-refractivity contribution in [3.8, 4) is 17.0 Å². The first-order valence-electron chi connectivity index (χ1n) is 8.61. The molecule has 0 spiro atoms. The van der Waals surface area contributed by atoms with Gasteiger partial charge in [-0.05, 0) is 53.9 Å². The molecular weight excluding hydrogens is 405 g/mol. The van der Waals surface area contributed by atoms with Crippen LogP contribution in [0, 0.1) is 6.92 Å². The van der Waals surface area contributed by atoms with Gasteiger partial charge in [0.15, 0.2) is 12.4 Å². The number of hydrogen-bond acceptors (Lipinski definition) is 4. The van der Waals surface area contributed by atoms with E-state index in [0.717, 1.165) is 5.56 Å². The quantitative estimate of drug-likeness (QED) is 0.496. The van der Waals surface area contributed by atoms with Crippen LogP contribution in [0.15, 0.2) is 55.0 Å². The van der Waals surface area contributed by atoms with Gasteiger partial charge in [0.05, 0.1) is 0 Å². The van der Waals surface area contributed by atoms with E-state index < -0.39 is 12.8 Å². The molecular formula is C21H16ClF3N2O2. The largest absolute Gasteiger partial charge is 0.468 e. The lowest BCUT2D eigenvalue weighted by Gasteiger charge is -2.14. The highest BCUT2D eigenvalue weighted by atomic mass is 35.5. The number of halogens is 4. The summed E-state index contributed by atoms with van der Waals surface area (Å²) < 4.78 is 42.7. The van der Waals surface area contributed by atoms with Gasteiger partial charge < -0.3 is 4.74 Å². The summed E-state index contributed by atoms with van der Waals surface area (Å²) in [5.74, 6) is -0.344. The molecule has 0 aliphatic heterocycles. The highest BCUT2D eigenvalue weighted by molar-refractivity contribution is 6.31. The van der Waals surface area contributed by atoms with E-state index in [4.69, 9.17) is 16.3 Å². The Kier molecular flexibility index (Phi) is 6.17. The number of aromatic nitrogens is 2. The van der Waals surface area contributed by atoms with Crippen LogP contribution in [-0.2, 0) is 6.42 Å². The first kappa shape index (κ1) is 20.8. The zero-order chi connectivity index (χ0) is 21.0. The number of benzene rings is 1. The van der Waals surface area contributed by atoms with Crippen LogP contribution in [0.1, 0.15) is 21.5 Å². The minimum absolute atomic E-state index is 0.0256. The van der Waals surface area contributed by atoms with E-state index in [1.807, 2.05) is 0 Å². The van der Waals surface area contributed by atoms with Gasteiger partial charge in [0.1, 0.15) is 0 Å². The highest BCUT2D eigenvalue weighted by Crippen LogP contribution is 2.32. The molecule has 0 unspecified atom stereocenters. The molecule has 0 radical (unpaired) electrons. The number of rotatable bonds is 6. The maximum atomic E-state index is 12.6. The SMILES string of the molecule is Cc1cc(-c2cc(CC(=O)c3cccnc3)cnc2OCC(F)(F)F)ccc1Cl. The molecule has 2 aromatic heterocycles. The number of carbonyl (C=O) groups excluding carboxylic acids is 1. The van der Waals surface area contributed by atoms with Gasteiger partial charge in [0.25, 0.3) is 0 Å². The van der Waals surface area contributed by atoms with Gasteiger partial charge in [-0.2, -0.15) is 13.2 Å². The molecule has 0 amide bonds. The predicted octanol–water partition coefficient (Wildman–Crippen LogP) is 5.47. The van der Waals surface area contributed by atoms with Crippen molar-refractivity contribution in [2.24, 2.45) is 0 Å². The van der Waals surface area contributed by atoms with E-state index in [0.29, 0.717) is 27.3 Å². The van der Waals surface area contributed by atoms with Crippen LogP contribution in [0.5, 0.6) is 5.88 Å². The third kappa shape index (κ3) is 5.54. The minimum atomic E-state index is -4.50. The zero-order valence-corrected chi connectivity index (χ0v) is 16.1. The van der Waals surface area contributed by atoms with Crippen LogP contribution in [-0.4, -0.2) is 28.5 Å². The van der Waals surface area contributed by atoms with Gasteiger partial charge in [0.2, 0.25) is 5.88 Å². The summed E-state index contributed by atoms with van der Waals surface area (Å²) in [6, 6.07) is 9.95. The third-order valence-corrected chi connectivity index (χ3v) is 4.52. The Morgan fingerprint density at radius 3 is 2.62 bits per heavy atom. The van der Waals surface area contributed by atoms with Crippen LogP contribution in [0.3, 0.4) is 0 Å². The minimum Gasteiger partial charge on any atom is -0.468 e. The first-order valence-corrected chi connectivity index (χ1v) is 8.99. The molecule has 3 aromatic rings. The Hall–Kier alpha value is -2.93. The molecule has 8 heteroatoms. The third-order valence-electron chi connectivity index (χ3n) is 4.10. The van der Waals surface area contributed by atoms with E-state index >= 15 is 0 Å². The number of alkyl halides is 3.